The van der Waals surface area contributed by atoms with Gasteiger partial charge in [0.05, 0.1) is 12.8 Å². The summed E-state index contributed by atoms with van der Waals surface area (Å²) in [6.45, 7) is 4.91. The van der Waals surface area contributed by atoms with Crippen molar-refractivity contribution in [1.82, 2.24) is 15.2 Å². The Hall–Kier alpha value is -1.14. The van der Waals surface area contributed by atoms with Gasteiger partial charge in [-0.25, -0.2) is 4.98 Å². The van der Waals surface area contributed by atoms with Crippen LogP contribution >= 0.6 is 11.3 Å². The van der Waals surface area contributed by atoms with E-state index in [0.29, 0.717) is 16.0 Å². The summed E-state index contributed by atoms with van der Waals surface area (Å²) in [4.78, 5) is 19.3. The van der Waals surface area contributed by atoms with Crippen LogP contribution in [0, 0.1) is 12.8 Å². The Morgan fingerprint density at radius 3 is 3.05 bits per heavy atom. The average Bonchev–Trinajstić information content (AvgIpc) is 2.80. The minimum atomic E-state index is -0.0348. The number of amides is 1. The first-order valence-corrected chi connectivity index (χ1v) is 7.90. The Balaban J connectivity index is 1.78. The average molecular weight is 297 g/mol. The first-order chi connectivity index (χ1) is 9.60. The van der Waals surface area contributed by atoms with Crippen LogP contribution in [-0.4, -0.2) is 49.6 Å². The van der Waals surface area contributed by atoms with Crippen molar-refractivity contribution in [1.29, 1.82) is 0 Å². The van der Waals surface area contributed by atoms with E-state index in [4.69, 9.17) is 4.74 Å². The Morgan fingerprint density at radius 2 is 2.40 bits per heavy atom. The zero-order valence-electron chi connectivity index (χ0n) is 12.4. The number of hydrogen-bond donors (Lipinski definition) is 1. The molecule has 6 heteroatoms. The number of thiazole rings is 1. The van der Waals surface area contributed by atoms with Gasteiger partial charge in [0.15, 0.2) is 0 Å². The van der Waals surface area contributed by atoms with Gasteiger partial charge < -0.3 is 15.0 Å². The van der Waals surface area contributed by atoms with Crippen molar-refractivity contribution >= 4 is 17.2 Å². The highest BCUT2D eigenvalue weighted by Gasteiger charge is 2.18. The van der Waals surface area contributed by atoms with Crippen LogP contribution in [0.4, 0.5) is 0 Å². The maximum atomic E-state index is 12.1. The fourth-order valence-electron chi connectivity index (χ4n) is 2.65. The van der Waals surface area contributed by atoms with Crippen LogP contribution in [-0.2, 0) is 0 Å². The highest BCUT2D eigenvalue weighted by atomic mass is 32.1. The van der Waals surface area contributed by atoms with Crippen LogP contribution in [0.2, 0.25) is 0 Å². The van der Waals surface area contributed by atoms with Crippen molar-refractivity contribution in [3.63, 3.8) is 0 Å². The van der Waals surface area contributed by atoms with Gasteiger partial charge in [0.25, 0.3) is 11.1 Å². The lowest BCUT2D eigenvalue weighted by Gasteiger charge is -2.29. The molecule has 0 spiro atoms. The number of ether oxygens (including phenoxy) is 1. The molecular formula is C14H23N3O2S. The van der Waals surface area contributed by atoms with Crippen molar-refractivity contribution in [3.8, 4) is 5.19 Å². The van der Waals surface area contributed by atoms with Crippen LogP contribution < -0.4 is 10.1 Å². The molecule has 1 aromatic rings. The first kappa shape index (κ1) is 15.3. The lowest BCUT2D eigenvalue weighted by molar-refractivity contribution is 0.0951. The summed E-state index contributed by atoms with van der Waals surface area (Å²) in [5.74, 6) is 0.665. The highest BCUT2D eigenvalue weighted by molar-refractivity contribution is 7.15. The lowest BCUT2D eigenvalue weighted by atomic mass is 9.95. The van der Waals surface area contributed by atoms with E-state index in [1.165, 1.54) is 30.7 Å². The molecule has 0 radical (unpaired) electrons. The zero-order valence-corrected chi connectivity index (χ0v) is 13.3. The molecule has 0 saturated carbocycles. The van der Waals surface area contributed by atoms with Gasteiger partial charge in [0.1, 0.15) is 4.88 Å². The molecule has 0 aliphatic carbocycles. The van der Waals surface area contributed by atoms with E-state index < -0.39 is 0 Å². The monoisotopic (exact) mass is 297 g/mol. The molecule has 1 aromatic heterocycles. The molecule has 2 heterocycles. The summed E-state index contributed by atoms with van der Waals surface area (Å²) in [7, 11) is 3.73. The summed E-state index contributed by atoms with van der Waals surface area (Å²) < 4.78 is 5.06. The number of carbonyl (C=O) groups excluding carboxylic acids is 1. The largest absolute Gasteiger partial charge is 0.473 e. The van der Waals surface area contributed by atoms with E-state index in [0.717, 1.165) is 25.2 Å². The minimum Gasteiger partial charge on any atom is -0.473 e. The van der Waals surface area contributed by atoms with E-state index in [1.807, 2.05) is 6.92 Å². The van der Waals surface area contributed by atoms with Gasteiger partial charge in [-0.2, -0.15) is 0 Å². The van der Waals surface area contributed by atoms with Gasteiger partial charge >= 0.3 is 0 Å². The number of likely N-dealkylation sites (tertiary alicyclic amines) is 1. The lowest BCUT2D eigenvalue weighted by Crippen LogP contribution is -2.34. The van der Waals surface area contributed by atoms with Crippen LogP contribution in [0.15, 0.2) is 0 Å². The molecule has 0 unspecified atom stereocenters. The van der Waals surface area contributed by atoms with E-state index in [-0.39, 0.29) is 5.91 Å². The fraction of sp³-hybridized carbons (Fsp3) is 0.714. The van der Waals surface area contributed by atoms with E-state index in [1.54, 1.807) is 7.11 Å². The van der Waals surface area contributed by atoms with Crippen molar-refractivity contribution in [2.45, 2.75) is 26.2 Å². The van der Waals surface area contributed by atoms with Gasteiger partial charge in [-0.05, 0) is 45.7 Å². The second-order valence-corrected chi connectivity index (χ2v) is 6.38. The predicted octanol–water partition coefficient (Wildman–Crippen LogP) is 1.92. The standard InChI is InChI=1S/C14H23N3O2S/c1-10-12(20-14(16-10)19-3)13(18)15-7-6-11-5-4-8-17(2)9-11/h11H,4-9H2,1-3H3,(H,15,18)/t11-/m1/s1. The fourth-order valence-corrected chi connectivity index (χ4v) is 3.45. The number of aromatic nitrogens is 1. The Labute approximate surface area is 124 Å². The normalized spacial score (nSPS) is 19.9. The van der Waals surface area contributed by atoms with Crippen molar-refractivity contribution in [2.24, 2.45) is 5.92 Å². The minimum absolute atomic E-state index is 0.0348. The van der Waals surface area contributed by atoms with E-state index >= 15 is 0 Å². The molecule has 0 aromatic carbocycles. The number of methoxy groups -OCH3 is 1. The third kappa shape index (κ3) is 3.93. The topological polar surface area (TPSA) is 54.5 Å². The molecule has 1 N–H and O–H groups in total. The number of rotatable bonds is 5. The maximum absolute atomic E-state index is 12.1. The van der Waals surface area contributed by atoms with Crippen LogP contribution in [0.3, 0.4) is 0 Å². The number of nitrogens with one attached hydrogen (secondary N) is 1. The second kappa shape index (κ2) is 7.04. The Morgan fingerprint density at radius 1 is 1.60 bits per heavy atom. The van der Waals surface area contributed by atoms with Crippen LogP contribution in [0.1, 0.15) is 34.6 Å². The molecule has 1 aliphatic rings. The molecule has 0 bridgehead atoms. The zero-order chi connectivity index (χ0) is 14.5. The van der Waals surface area contributed by atoms with Gasteiger partial charge in [-0.15, -0.1) is 0 Å². The molecule has 1 aliphatic heterocycles. The number of hydrogen-bond acceptors (Lipinski definition) is 5. The Bertz CT molecular complexity index is 461. The summed E-state index contributed by atoms with van der Waals surface area (Å²) in [5.41, 5.74) is 0.738. The third-order valence-corrected chi connectivity index (χ3v) is 4.84. The SMILES string of the molecule is COc1nc(C)c(C(=O)NCC[C@H]2CCCN(C)C2)s1. The number of aryl methyl sites for hydroxylation is 1. The highest BCUT2D eigenvalue weighted by Crippen LogP contribution is 2.24. The predicted molar refractivity (Wildman–Crippen MR) is 80.6 cm³/mol. The molecule has 1 saturated heterocycles. The molecule has 1 atom stereocenters. The van der Waals surface area contributed by atoms with Crippen molar-refractivity contribution in [2.75, 3.05) is 33.8 Å². The number of piperidine rings is 1. The number of nitrogens with zero attached hydrogens (tertiary/aromatic N) is 2. The van der Waals surface area contributed by atoms with Crippen molar-refractivity contribution < 1.29 is 9.53 Å². The summed E-state index contributed by atoms with van der Waals surface area (Å²) >= 11 is 1.30. The molecule has 1 amide bonds. The Kier molecular flexibility index (Phi) is 5.37. The molecule has 5 nitrogen and oxygen atoms in total. The molecular weight excluding hydrogens is 274 g/mol. The van der Waals surface area contributed by atoms with Gasteiger partial charge in [0.2, 0.25) is 0 Å². The smallest absolute Gasteiger partial charge is 0.273 e. The molecule has 2 rings (SSSR count). The number of carbonyl (C=O) groups is 1. The third-order valence-electron chi connectivity index (χ3n) is 3.72. The summed E-state index contributed by atoms with van der Waals surface area (Å²) in [5, 5.41) is 3.54. The van der Waals surface area contributed by atoms with E-state index in [9.17, 15) is 4.79 Å². The summed E-state index contributed by atoms with van der Waals surface area (Å²) in [6, 6.07) is 0. The van der Waals surface area contributed by atoms with Gasteiger partial charge in [-0.1, -0.05) is 11.3 Å². The molecule has 1 fully saturated rings. The summed E-state index contributed by atoms with van der Waals surface area (Å²) in [6.07, 6.45) is 3.58. The maximum Gasteiger partial charge on any atom is 0.273 e. The van der Waals surface area contributed by atoms with Crippen LogP contribution in [0.5, 0.6) is 5.19 Å². The molecule has 20 heavy (non-hydrogen) atoms. The first-order valence-electron chi connectivity index (χ1n) is 7.08. The van der Waals surface area contributed by atoms with Gasteiger partial charge in [-0.3, -0.25) is 4.79 Å². The van der Waals surface area contributed by atoms with Crippen molar-refractivity contribution in [3.05, 3.63) is 10.6 Å². The molecule has 112 valence electrons. The van der Waals surface area contributed by atoms with E-state index in [2.05, 4.69) is 22.2 Å². The van der Waals surface area contributed by atoms with Crippen LogP contribution in [0.25, 0.3) is 0 Å². The second-order valence-electron chi connectivity index (χ2n) is 5.41. The van der Waals surface area contributed by atoms with Gasteiger partial charge in [0, 0.05) is 13.1 Å². The quantitative estimate of drug-likeness (QED) is 0.902.